The van der Waals surface area contributed by atoms with Crippen LogP contribution in [0.4, 0.5) is 5.69 Å². The van der Waals surface area contributed by atoms with Gasteiger partial charge in [-0.3, -0.25) is 9.78 Å². The fraction of sp³-hybridized carbons (Fsp3) is 0.400. The second-order valence-electron chi connectivity index (χ2n) is 5.69. The molecule has 0 spiro atoms. The molecule has 1 aromatic heterocycles. The van der Waals surface area contributed by atoms with Crippen molar-refractivity contribution in [3.05, 3.63) is 34.6 Å². The number of anilines is 1. The van der Waals surface area contributed by atoms with Gasteiger partial charge in [0.05, 0.1) is 18.1 Å². The number of nitrogens with zero attached hydrogens (tertiary/aromatic N) is 2. The number of nitrogen functional groups attached to an aromatic ring is 1. The maximum absolute atomic E-state index is 12.1. The molecule has 122 valence electrons. The summed E-state index contributed by atoms with van der Waals surface area (Å²) in [5, 5.41) is 19.1. The van der Waals surface area contributed by atoms with E-state index in [1.165, 1.54) is 16.7 Å². The predicted molar refractivity (Wildman–Crippen MR) is 85.0 cm³/mol. The maximum Gasteiger partial charge on any atom is 0.353 e. The summed E-state index contributed by atoms with van der Waals surface area (Å²) in [5.41, 5.74) is 7.32. The minimum Gasteiger partial charge on any atom is -0.477 e. The summed E-state index contributed by atoms with van der Waals surface area (Å²) in [6.45, 7) is 1.56. The Bertz CT molecular complexity index is 704. The van der Waals surface area contributed by atoms with E-state index in [0.29, 0.717) is 22.8 Å². The molecule has 0 radical (unpaired) electrons. The number of hydrogen-bond donors (Lipinski definition) is 3. The molecular formula is C15H17N3O4S. The number of rotatable bonds is 5. The first-order valence-electron chi connectivity index (χ1n) is 7.20. The number of β-lactam (4-membered cyclic amide) rings is 1. The number of aliphatic hydroxyl groups excluding tert-OH is 1. The number of aliphatic carboxylic acids is 1. The zero-order valence-corrected chi connectivity index (χ0v) is 13.3. The molecule has 7 nitrogen and oxygen atoms in total. The molecule has 0 bridgehead atoms. The minimum atomic E-state index is -1.12. The average Bonchev–Trinajstić information content (AvgIpc) is 2.80. The molecule has 1 aromatic rings. The van der Waals surface area contributed by atoms with E-state index in [1.54, 1.807) is 25.4 Å². The molecule has 1 amide bonds. The third-order valence-electron chi connectivity index (χ3n) is 4.23. The number of carboxylic acids is 1. The van der Waals surface area contributed by atoms with Gasteiger partial charge >= 0.3 is 5.97 Å². The summed E-state index contributed by atoms with van der Waals surface area (Å²) in [6, 6.07) is 1.43. The van der Waals surface area contributed by atoms with Crippen LogP contribution in [0.3, 0.4) is 0 Å². The van der Waals surface area contributed by atoms with Crippen LogP contribution in [0.1, 0.15) is 18.9 Å². The molecule has 0 saturated carbocycles. The Balaban J connectivity index is 1.80. The number of carboxylic acid groups (broad SMARTS) is 1. The third kappa shape index (κ3) is 2.57. The quantitative estimate of drug-likeness (QED) is 0.682. The van der Waals surface area contributed by atoms with Gasteiger partial charge in [0.1, 0.15) is 5.70 Å². The van der Waals surface area contributed by atoms with Crippen molar-refractivity contribution in [2.24, 2.45) is 5.92 Å². The molecule has 3 heterocycles. The summed E-state index contributed by atoms with van der Waals surface area (Å²) < 4.78 is 0. The highest BCUT2D eigenvalue weighted by atomic mass is 32.2. The molecule has 0 aromatic carbocycles. The van der Waals surface area contributed by atoms with E-state index < -0.39 is 18.0 Å². The van der Waals surface area contributed by atoms with E-state index in [1.807, 2.05) is 0 Å². The molecule has 0 unspecified atom stereocenters. The number of thioether (sulfide) groups is 1. The Hall–Kier alpha value is -2.06. The van der Waals surface area contributed by atoms with Gasteiger partial charge in [0, 0.05) is 40.7 Å². The van der Waals surface area contributed by atoms with Crippen molar-refractivity contribution in [2.45, 2.75) is 31.2 Å². The molecular weight excluding hydrogens is 318 g/mol. The monoisotopic (exact) mass is 335 g/mol. The first kappa shape index (κ1) is 15.8. The fourth-order valence-electron chi connectivity index (χ4n) is 3.08. The molecule has 2 aliphatic heterocycles. The van der Waals surface area contributed by atoms with E-state index in [0.717, 1.165) is 5.56 Å². The second-order valence-corrected chi connectivity index (χ2v) is 6.76. The van der Waals surface area contributed by atoms with Gasteiger partial charge in [0.15, 0.2) is 0 Å². The molecule has 23 heavy (non-hydrogen) atoms. The second kappa shape index (κ2) is 5.86. The highest BCUT2D eigenvalue weighted by molar-refractivity contribution is 8.02. The molecule has 2 aliphatic rings. The lowest BCUT2D eigenvalue weighted by Crippen LogP contribution is -2.61. The van der Waals surface area contributed by atoms with Gasteiger partial charge in [-0.25, -0.2) is 4.79 Å². The predicted octanol–water partition coefficient (Wildman–Crippen LogP) is 0.805. The summed E-state index contributed by atoms with van der Waals surface area (Å²) in [6.07, 6.45) is 2.92. The summed E-state index contributed by atoms with van der Waals surface area (Å²) >= 11 is 1.35. The van der Waals surface area contributed by atoms with Crippen LogP contribution < -0.4 is 5.73 Å². The van der Waals surface area contributed by atoms with Crippen LogP contribution in [0.5, 0.6) is 0 Å². The highest BCUT2D eigenvalue weighted by Gasteiger charge is 2.56. The molecule has 1 saturated heterocycles. The lowest BCUT2D eigenvalue weighted by Gasteiger charge is -2.44. The Labute approximate surface area is 137 Å². The highest BCUT2D eigenvalue weighted by Crippen LogP contribution is 2.47. The Morgan fingerprint density at radius 3 is 2.96 bits per heavy atom. The number of amides is 1. The summed E-state index contributed by atoms with van der Waals surface area (Å²) in [5.74, 6) is -1.48. The van der Waals surface area contributed by atoms with Crippen LogP contribution in [0.15, 0.2) is 29.1 Å². The first-order chi connectivity index (χ1) is 10.9. The van der Waals surface area contributed by atoms with E-state index in [9.17, 15) is 19.8 Å². The number of hydrogen-bond acceptors (Lipinski definition) is 6. The molecule has 1 fully saturated rings. The average molecular weight is 335 g/mol. The molecule has 3 rings (SSSR count). The maximum atomic E-state index is 12.1. The number of nitrogens with two attached hydrogens (primary N) is 1. The first-order valence-corrected chi connectivity index (χ1v) is 8.19. The van der Waals surface area contributed by atoms with Crippen molar-refractivity contribution < 1.29 is 19.8 Å². The number of fused-ring (bicyclic) bond motifs is 1. The van der Waals surface area contributed by atoms with Gasteiger partial charge in [-0.1, -0.05) is 0 Å². The lowest BCUT2D eigenvalue weighted by molar-refractivity contribution is -0.161. The Kier molecular flexibility index (Phi) is 4.03. The Morgan fingerprint density at radius 1 is 1.61 bits per heavy atom. The van der Waals surface area contributed by atoms with Crippen molar-refractivity contribution in [1.82, 2.24) is 9.88 Å². The normalized spacial score (nSPS) is 24.4. The number of aliphatic hydroxyl groups is 1. The zero-order chi connectivity index (χ0) is 16.7. The SMILES string of the molecule is C[C@@H](O)[C@H]1C(=O)N2C(C(=O)O)=C(SCc3cnccc3N)C[C@@H]12. The standard InChI is InChI=1S/C15H17N3O4S/c1-7(19)12-10-4-11(13(15(21)22)18(10)14(12)20)23-6-8-5-17-3-2-9(8)16/h2-3,5,7,10,12,19H,4,6H2,1H3,(H2,16,17)(H,21,22)/t7-,10+,12-/m1/s1. The van der Waals surface area contributed by atoms with Crippen molar-refractivity contribution >= 4 is 29.3 Å². The zero-order valence-electron chi connectivity index (χ0n) is 12.5. The van der Waals surface area contributed by atoms with Crippen LogP contribution in [-0.4, -0.2) is 44.1 Å². The van der Waals surface area contributed by atoms with Crippen LogP contribution >= 0.6 is 11.8 Å². The van der Waals surface area contributed by atoms with Crippen LogP contribution in [0.2, 0.25) is 0 Å². The Morgan fingerprint density at radius 2 is 2.35 bits per heavy atom. The van der Waals surface area contributed by atoms with Gasteiger partial charge in [0.25, 0.3) is 0 Å². The molecule has 3 atom stereocenters. The van der Waals surface area contributed by atoms with E-state index in [-0.39, 0.29) is 17.6 Å². The largest absolute Gasteiger partial charge is 0.477 e. The number of pyridine rings is 1. The van der Waals surface area contributed by atoms with E-state index in [2.05, 4.69) is 4.98 Å². The minimum absolute atomic E-state index is 0.0318. The number of aromatic nitrogens is 1. The van der Waals surface area contributed by atoms with Crippen molar-refractivity contribution in [3.63, 3.8) is 0 Å². The third-order valence-corrected chi connectivity index (χ3v) is 5.40. The van der Waals surface area contributed by atoms with Gasteiger partial charge in [-0.2, -0.15) is 0 Å². The summed E-state index contributed by atoms with van der Waals surface area (Å²) in [7, 11) is 0. The van der Waals surface area contributed by atoms with Crippen LogP contribution in [-0.2, 0) is 15.3 Å². The fourth-order valence-corrected chi connectivity index (χ4v) is 4.27. The van der Waals surface area contributed by atoms with Gasteiger partial charge in [-0.15, -0.1) is 11.8 Å². The van der Waals surface area contributed by atoms with E-state index in [4.69, 9.17) is 5.73 Å². The lowest BCUT2D eigenvalue weighted by atomic mass is 9.83. The van der Waals surface area contributed by atoms with Crippen LogP contribution in [0, 0.1) is 5.92 Å². The molecule has 0 aliphatic carbocycles. The van der Waals surface area contributed by atoms with Crippen molar-refractivity contribution in [1.29, 1.82) is 0 Å². The van der Waals surface area contributed by atoms with Crippen molar-refractivity contribution in [2.75, 3.05) is 5.73 Å². The van der Waals surface area contributed by atoms with Gasteiger partial charge < -0.3 is 20.8 Å². The van der Waals surface area contributed by atoms with Gasteiger partial charge in [-0.05, 0) is 13.0 Å². The smallest absolute Gasteiger partial charge is 0.353 e. The topological polar surface area (TPSA) is 117 Å². The van der Waals surface area contributed by atoms with Crippen LogP contribution in [0.25, 0.3) is 0 Å². The van der Waals surface area contributed by atoms with Crippen molar-refractivity contribution in [3.8, 4) is 0 Å². The molecule has 4 N–H and O–H groups in total. The van der Waals surface area contributed by atoms with Gasteiger partial charge in [0.2, 0.25) is 5.91 Å². The van der Waals surface area contributed by atoms with E-state index >= 15 is 0 Å². The number of carbonyl (C=O) groups excluding carboxylic acids is 1. The number of carbonyl (C=O) groups is 2. The molecule has 8 heteroatoms. The summed E-state index contributed by atoms with van der Waals surface area (Å²) in [4.78, 5) is 29.6.